The number of nitrogens with zero attached hydrogens (tertiary/aromatic N) is 4. The maximum Gasteiger partial charge on any atom is 0.233 e. The average Bonchev–Trinajstić information content (AvgIpc) is 3.48. The van der Waals surface area contributed by atoms with Gasteiger partial charge < -0.3 is 10.1 Å². The molecular formula is C24H25N5O2S. The predicted octanol–water partition coefficient (Wildman–Crippen LogP) is 4.03. The number of hydrogen-bond acceptors (Lipinski definition) is 6. The van der Waals surface area contributed by atoms with Crippen molar-refractivity contribution in [3.05, 3.63) is 54.1 Å². The van der Waals surface area contributed by atoms with Crippen molar-refractivity contribution in [3.8, 4) is 11.4 Å². The van der Waals surface area contributed by atoms with Crippen LogP contribution >= 0.6 is 11.8 Å². The second-order valence-corrected chi connectivity index (χ2v) is 9.41. The lowest BCUT2D eigenvalue weighted by atomic mass is 10.1. The Labute approximate surface area is 190 Å². The Morgan fingerprint density at radius 1 is 1.22 bits per heavy atom. The fourth-order valence-corrected chi connectivity index (χ4v) is 4.78. The van der Waals surface area contributed by atoms with Crippen molar-refractivity contribution in [2.45, 2.75) is 43.2 Å². The summed E-state index contributed by atoms with van der Waals surface area (Å²) in [6.45, 7) is 5.27. The van der Waals surface area contributed by atoms with E-state index in [-0.39, 0.29) is 17.3 Å². The molecule has 0 unspecified atom stereocenters. The van der Waals surface area contributed by atoms with Crippen LogP contribution in [0.4, 0.5) is 0 Å². The molecule has 7 nitrogen and oxygen atoms in total. The Bertz CT molecular complexity index is 1260. The van der Waals surface area contributed by atoms with E-state index in [1.54, 1.807) is 0 Å². The van der Waals surface area contributed by atoms with Gasteiger partial charge in [0.25, 0.3) is 0 Å². The van der Waals surface area contributed by atoms with Crippen LogP contribution in [-0.4, -0.2) is 50.0 Å². The zero-order chi connectivity index (χ0) is 22.1. The number of fused-ring (bicyclic) bond motifs is 3. The standard InChI is InChI=1S/C24H25N5O2S/c1-15-9-11-17(12-10-15)21-26-20-8-4-3-7-19(20)22-27-28-24(29(21)22)32-16(2)23(30)25-14-18-6-5-13-31-18/h3-4,7-12,16,18H,5-6,13-14H2,1-2H3,(H,25,30)/t16-,18-/m1/s1. The van der Waals surface area contributed by atoms with Crippen molar-refractivity contribution >= 4 is 34.2 Å². The van der Waals surface area contributed by atoms with Crippen LogP contribution in [0, 0.1) is 6.92 Å². The van der Waals surface area contributed by atoms with Gasteiger partial charge in [-0.15, -0.1) is 10.2 Å². The predicted molar refractivity (Wildman–Crippen MR) is 126 cm³/mol. The molecule has 5 rings (SSSR count). The smallest absolute Gasteiger partial charge is 0.233 e. The summed E-state index contributed by atoms with van der Waals surface area (Å²) in [7, 11) is 0. The van der Waals surface area contributed by atoms with E-state index in [0.29, 0.717) is 11.7 Å². The van der Waals surface area contributed by atoms with E-state index in [0.717, 1.165) is 47.4 Å². The minimum absolute atomic E-state index is 0.0344. The molecule has 1 aliphatic heterocycles. The summed E-state index contributed by atoms with van der Waals surface area (Å²) in [5, 5.41) is 13.2. The molecule has 1 saturated heterocycles. The van der Waals surface area contributed by atoms with Crippen LogP contribution < -0.4 is 5.32 Å². The maximum atomic E-state index is 12.7. The van der Waals surface area contributed by atoms with E-state index in [9.17, 15) is 4.79 Å². The SMILES string of the molecule is Cc1ccc(-c2nc3ccccc3c3nnc(S[C@H](C)C(=O)NC[C@H]4CCCO4)n23)cc1. The van der Waals surface area contributed by atoms with Gasteiger partial charge in [-0.1, -0.05) is 53.7 Å². The highest BCUT2D eigenvalue weighted by molar-refractivity contribution is 8.00. The highest BCUT2D eigenvalue weighted by atomic mass is 32.2. The summed E-state index contributed by atoms with van der Waals surface area (Å²) in [5.41, 5.74) is 3.76. The largest absolute Gasteiger partial charge is 0.376 e. The fraction of sp³-hybridized carbons (Fsp3) is 0.333. The number of rotatable bonds is 6. The normalized spacial score (nSPS) is 17.1. The van der Waals surface area contributed by atoms with Crippen LogP contribution in [-0.2, 0) is 9.53 Å². The Morgan fingerprint density at radius 2 is 2.03 bits per heavy atom. The number of nitrogens with one attached hydrogen (secondary N) is 1. The fourth-order valence-electron chi connectivity index (χ4n) is 3.91. The molecule has 0 bridgehead atoms. The van der Waals surface area contributed by atoms with Gasteiger partial charge in [-0.25, -0.2) is 4.98 Å². The number of carbonyl (C=O) groups excluding carboxylic acids is 1. The second kappa shape index (κ2) is 8.88. The summed E-state index contributed by atoms with van der Waals surface area (Å²) >= 11 is 1.39. The third kappa shape index (κ3) is 4.08. The molecule has 3 heterocycles. The lowest BCUT2D eigenvalue weighted by Crippen LogP contribution is -2.36. The van der Waals surface area contributed by atoms with Gasteiger partial charge in [0, 0.05) is 24.1 Å². The van der Waals surface area contributed by atoms with Crippen molar-refractivity contribution in [2.75, 3.05) is 13.2 Å². The van der Waals surface area contributed by atoms with Crippen LogP contribution in [0.25, 0.3) is 27.9 Å². The number of carbonyl (C=O) groups is 1. The van der Waals surface area contributed by atoms with Crippen molar-refractivity contribution in [1.29, 1.82) is 0 Å². The monoisotopic (exact) mass is 447 g/mol. The van der Waals surface area contributed by atoms with E-state index in [1.807, 2.05) is 35.6 Å². The Hall–Kier alpha value is -2.97. The first-order valence-corrected chi connectivity index (χ1v) is 11.7. The van der Waals surface area contributed by atoms with Gasteiger partial charge in [0.2, 0.25) is 5.91 Å². The summed E-state index contributed by atoms with van der Waals surface area (Å²) < 4.78 is 7.56. The van der Waals surface area contributed by atoms with Gasteiger partial charge in [0.1, 0.15) is 5.82 Å². The molecule has 8 heteroatoms. The maximum absolute atomic E-state index is 12.7. The molecule has 0 radical (unpaired) electrons. The van der Waals surface area contributed by atoms with E-state index in [4.69, 9.17) is 9.72 Å². The zero-order valence-electron chi connectivity index (χ0n) is 18.1. The molecule has 1 aliphatic rings. The van der Waals surface area contributed by atoms with Gasteiger partial charge in [0.15, 0.2) is 10.8 Å². The molecule has 4 aromatic rings. The third-order valence-electron chi connectivity index (χ3n) is 5.71. The highest BCUT2D eigenvalue weighted by Gasteiger charge is 2.23. The lowest BCUT2D eigenvalue weighted by Gasteiger charge is -2.15. The zero-order valence-corrected chi connectivity index (χ0v) is 18.9. The summed E-state index contributed by atoms with van der Waals surface area (Å²) in [6, 6.07) is 16.2. The van der Waals surface area contributed by atoms with Crippen LogP contribution in [0.15, 0.2) is 53.7 Å². The topological polar surface area (TPSA) is 81.4 Å². The second-order valence-electron chi connectivity index (χ2n) is 8.10. The van der Waals surface area contributed by atoms with Crippen molar-refractivity contribution in [1.82, 2.24) is 24.9 Å². The first-order chi connectivity index (χ1) is 15.6. The number of para-hydroxylation sites is 1. The Kier molecular flexibility index (Phi) is 5.80. The van der Waals surface area contributed by atoms with E-state index < -0.39 is 0 Å². The van der Waals surface area contributed by atoms with Crippen LogP contribution in [0.1, 0.15) is 25.3 Å². The van der Waals surface area contributed by atoms with E-state index in [2.05, 4.69) is 46.7 Å². The van der Waals surface area contributed by atoms with Gasteiger partial charge >= 0.3 is 0 Å². The highest BCUT2D eigenvalue weighted by Crippen LogP contribution is 2.30. The van der Waals surface area contributed by atoms with Crippen molar-refractivity contribution < 1.29 is 9.53 Å². The molecular weight excluding hydrogens is 422 g/mol. The molecule has 1 amide bonds. The number of ether oxygens (including phenoxy) is 1. The molecule has 2 aromatic heterocycles. The molecule has 1 fully saturated rings. The summed E-state index contributed by atoms with van der Waals surface area (Å²) in [4.78, 5) is 17.6. The minimum Gasteiger partial charge on any atom is -0.376 e. The molecule has 0 aliphatic carbocycles. The van der Waals surface area contributed by atoms with Crippen molar-refractivity contribution in [2.24, 2.45) is 0 Å². The molecule has 2 aromatic carbocycles. The number of amides is 1. The minimum atomic E-state index is -0.332. The van der Waals surface area contributed by atoms with Gasteiger partial charge in [-0.3, -0.25) is 9.20 Å². The molecule has 0 saturated carbocycles. The quantitative estimate of drug-likeness (QED) is 0.450. The Balaban J connectivity index is 1.49. The number of hydrogen-bond donors (Lipinski definition) is 1. The van der Waals surface area contributed by atoms with Crippen LogP contribution in [0.3, 0.4) is 0 Å². The molecule has 164 valence electrons. The van der Waals surface area contributed by atoms with E-state index in [1.165, 1.54) is 17.3 Å². The number of aromatic nitrogens is 4. The first kappa shape index (κ1) is 20.9. The average molecular weight is 448 g/mol. The summed E-state index contributed by atoms with van der Waals surface area (Å²) in [5.74, 6) is 0.728. The number of thioether (sulfide) groups is 1. The van der Waals surface area contributed by atoms with Gasteiger partial charge in [-0.2, -0.15) is 0 Å². The first-order valence-electron chi connectivity index (χ1n) is 10.9. The van der Waals surface area contributed by atoms with Crippen LogP contribution in [0.2, 0.25) is 0 Å². The van der Waals surface area contributed by atoms with Gasteiger partial charge in [0.05, 0.1) is 16.9 Å². The van der Waals surface area contributed by atoms with Crippen LogP contribution in [0.5, 0.6) is 0 Å². The third-order valence-corrected chi connectivity index (χ3v) is 6.75. The molecule has 2 atom stereocenters. The van der Waals surface area contributed by atoms with E-state index >= 15 is 0 Å². The number of benzene rings is 2. The van der Waals surface area contributed by atoms with Crippen molar-refractivity contribution in [3.63, 3.8) is 0 Å². The number of aryl methyl sites for hydroxylation is 1. The molecule has 0 spiro atoms. The lowest BCUT2D eigenvalue weighted by molar-refractivity contribution is -0.120. The Morgan fingerprint density at radius 3 is 2.81 bits per heavy atom. The molecule has 1 N–H and O–H groups in total. The molecule has 32 heavy (non-hydrogen) atoms. The summed E-state index contributed by atoms with van der Waals surface area (Å²) in [6.07, 6.45) is 2.17. The van der Waals surface area contributed by atoms with Gasteiger partial charge in [-0.05, 0) is 38.8 Å².